The van der Waals surface area contributed by atoms with Crippen LogP contribution >= 0.6 is 0 Å². The average Bonchev–Trinajstić information content (AvgIpc) is 2.81. The van der Waals surface area contributed by atoms with E-state index in [4.69, 9.17) is 5.73 Å². The Morgan fingerprint density at radius 2 is 1.59 bits per heavy atom. The lowest BCUT2D eigenvalue weighted by molar-refractivity contribution is -0.117. The molecule has 2 aromatic rings. The molecule has 0 aliphatic heterocycles. The molecule has 0 saturated carbocycles. The summed E-state index contributed by atoms with van der Waals surface area (Å²) in [4.78, 5) is 11.5. The van der Waals surface area contributed by atoms with Gasteiger partial charge in [-0.1, -0.05) is 61.5 Å². The van der Waals surface area contributed by atoms with Crippen molar-refractivity contribution >= 4 is 23.1 Å². The third-order valence-electron chi connectivity index (χ3n) is 4.05. The number of allylic oxidation sites excluding steroid dienone is 2. The third-order valence-corrected chi connectivity index (χ3v) is 4.05. The van der Waals surface area contributed by atoms with Gasteiger partial charge in [-0.15, -0.1) is 0 Å². The second-order valence-electron chi connectivity index (χ2n) is 5.47. The number of nitrogens with two attached hydrogens (primary N) is 1. The largest absolute Gasteiger partial charge is 0.369 e. The minimum atomic E-state index is -0.281. The Hall–Kier alpha value is -2.61. The topological polar surface area (TPSA) is 43.1 Å². The molecule has 2 N–H and O–H groups in total. The van der Waals surface area contributed by atoms with E-state index in [0.29, 0.717) is 6.42 Å². The van der Waals surface area contributed by atoms with Gasteiger partial charge in [0.05, 0.1) is 6.42 Å². The van der Waals surface area contributed by atoms with Crippen LogP contribution in [0.25, 0.3) is 17.2 Å². The van der Waals surface area contributed by atoms with Crippen molar-refractivity contribution < 1.29 is 4.79 Å². The fourth-order valence-corrected chi connectivity index (χ4v) is 3.13. The summed E-state index contributed by atoms with van der Waals surface area (Å²) in [7, 11) is 0. The molecule has 0 saturated heterocycles. The molecule has 0 atom stereocenters. The molecule has 1 amide bonds. The molecule has 0 aromatic heterocycles. The first-order chi connectivity index (χ1) is 10.7. The van der Waals surface area contributed by atoms with Gasteiger partial charge in [-0.05, 0) is 45.9 Å². The third kappa shape index (κ3) is 2.60. The number of hydrogen-bond acceptors (Lipinski definition) is 1. The Labute approximate surface area is 131 Å². The molecule has 2 aromatic carbocycles. The maximum absolute atomic E-state index is 11.5. The van der Waals surface area contributed by atoms with E-state index in [9.17, 15) is 4.79 Å². The summed E-state index contributed by atoms with van der Waals surface area (Å²) < 4.78 is 0. The summed E-state index contributed by atoms with van der Waals surface area (Å²) >= 11 is 0. The summed E-state index contributed by atoms with van der Waals surface area (Å²) in [6.45, 7) is 2.13. The van der Waals surface area contributed by atoms with Gasteiger partial charge < -0.3 is 5.73 Å². The smallest absolute Gasteiger partial charge is 0.221 e. The second kappa shape index (κ2) is 6.02. The van der Waals surface area contributed by atoms with E-state index >= 15 is 0 Å². The van der Waals surface area contributed by atoms with Crippen molar-refractivity contribution in [3.05, 3.63) is 76.9 Å². The molecule has 3 rings (SSSR count). The van der Waals surface area contributed by atoms with Crippen molar-refractivity contribution in [2.45, 2.75) is 19.8 Å². The van der Waals surface area contributed by atoms with E-state index < -0.39 is 0 Å². The number of primary amides is 1. The molecule has 110 valence electrons. The highest BCUT2D eigenvalue weighted by Gasteiger charge is 2.25. The Kier molecular flexibility index (Phi) is 3.92. The number of fused-ring (bicyclic) bond motifs is 1. The van der Waals surface area contributed by atoms with Gasteiger partial charge in [-0.3, -0.25) is 4.79 Å². The van der Waals surface area contributed by atoms with Crippen LogP contribution in [0.2, 0.25) is 0 Å². The monoisotopic (exact) mass is 289 g/mol. The van der Waals surface area contributed by atoms with Gasteiger partial charge >= 0.3 is 0 Å². The quantitative estimate of drug-likeness (QED) is 0.897. The van der Waals surface area contributed by atoms with E-state index in [0.717, 1.165) is 17.6 Å². The van der Waals surface area contributed by atoms with E-state index in [1.165, 1.54) is 22.3 Å². The highest BCUT2D eigenvalue weighted by atomic mass is 16.1. The Balaban J connectivity index is 2.18. The zero-order valence-electron chi connectivity index (χ0n) is 12.7. The molecule has 0 heterocycles. The summed E-state index contributed by atoms with van der Waals surface area (Å²) in [6, 6.07) is 18.5. The molecule has 0 spiro atoms. The number of carbonyl (C=O) groups is 1. The van der Waals surface area contributed by atoms with Crippen LogP contribution in [-0.2, 0) is 4.79 Å². The highest BCUT2D eigenvalue weighted by molar-refractivity contribution is 6.08. The van der Waals surface area contributed by atoms with Gasteiger partial charge in [0, 0.05) is 0 Å². The average molecular weight is 289 g/mol. The molecule has 0 radical (unpaired) electrons. The molecule has 1 aliphatic rings. The van der Waals surface area contributed by atoms with Gasteiger partial charge in [-0.2, -0.15) is 0 Å². The predicted molar refractivity (Wildman–Crippen MR) is 91.8 cm³/mol. The van der Waals surface area contributed by atoms with Gasteiger partial charge in [0.25, 0.3) is 0 Å². The predicted octanol–water partition coefficient (Wildman–Crippen LogP) is 4.28. The number of amides is 1. The van der Waals surface area contributed by atoms with Crippen molar-refractivity contribution in [3.63, 3.8) is 0 Å². The molecular weight excluding hydrogens is 270 g/mol. The second-order valence-corrected chi connectivity index (χ2v) is 5.47. The van der Waals surface area contributed by atoms with Crippen molar-refractivity contribution in [3.8, 4) is 0 Å². The van der Waals surface area contributed by atoms with Crippen LogP contribution in [0.1, 0.15) is 36.5 Å². The first-order valence-corrected chi connectivity index (χ1v) is 7.58. The molecule has 0 fully saturated rings. The van der Waals surface area contributed by atoms with Crippen molar-refractivity contribution in [1.82, 2.24) is 0 Å². The summed E-state index contributed by atoms with van der Waals surface area (Å²) in [5.41, 5.74) is 12.5. The van der Waals surface area contributed by atoms with Gasteiger partial charge in [-0.25, -0.2) is 0 Å². The molecule has 1 aliphatic carbocycles. The molecular formula is C20H19NO. The first kappa shape index (κ1) is 14.3. The number of benzene rings is 2. The maximum atomic E-state index is 11.5. The fourth-order valence-electron chi connectivity index (χ4n) is 3.13. The molecule has 2 heteroatoms. The zero-order valence-corrected chi connectivity index (χ0v) is 12.7. The fraction of sp³-hybridized carbons (Fsp3) is 0.150. The van der Waals surface area contributed by atoms with Crippen LogP contribution in [0.15, 0.2) is 60.2 Å². The van der Waals surface area contributed by atoms with Crippen LogP contribution in [-0.4, -0.2) is 5.91 Å². The lowest BCUT2D eigenvalue weighted by atomic mass is 9.98. The van der Waals surface area contributed by atoms with E-state index in [2.05, 4.69) is 37.3 Å². The summed E-state index contributed by atoms with van der Waals surface area (Å²) in [5.74, 6) is -0.281. The lowest BCUT2D eigenvalue weighted by Gasteiger charge is -2.06. The van der Waals surface area contributed by atoms with Crippen LogP contribution in [0.3, 0.4) is 0 Å². The van der Waals surface area contributed by atoms with Crippen LogP contribution in [0.5, 0.6) is 0 Å². The summed E-state index contributed by atoms with van der Waals surface area (Å²) in [6.07, 6.45) is 3.38. The van der Waals surface area contributed by atoms with E-state index in [-0.39, 0.29) is 5.91 Å². The van der Waals surface area contributed by atoms with E-state index in [1.54, 1.807) is 0 Å². The number of hydrogen-bond donors (Lipinski definition) is 1. The number of rotatable bonds is 4. The van der Waals surface area contributed by atoms with Crippen molar-refractivity contribution in [2.24, 2.45) is 5.73 Å². The van der Waals surface area contributed by atoms with E-state index in [1.807, 2.05) is 30.3 Å². The maximum Gasteiger partial charge on any atom is 0.221 e. The number of carbonyl (C=O) groups excluding carboxylic acids is 1. The van der Waals surface area contributed by atoms with Crippen molar-refractivity contribution in [2.75, 3.05) is 0 Å². The van der Waals surface area contributed by atoms with Gasteiger partial charge in [0.2, 0.25) is 5.91 Å². The first-order valence-electron chi connectivity index (χ1n) is 7.58. The molecule has 0 bridgehead atoms. The molecule has 0 unspecified atom stereocenters. The Morgan fingerprint density at radius 1 is 0.955 bits per heavy atom. The van der Waals surface area contributed by atoms with Crippen molar-refractivity contribution in [1.29, 1.82) is 0 Å². The Morgan fingerprint density at radius 3 is 2.23 bits per heavy atom. The highest BCUT2D eigenvalue weighted by Crippen LogP contribution is 2.44. The van der Waals surface area contributed by atoms with Crippen LogP contribution in [0.4, 0.5) is 0 Å². The Bertz CT molecular complexity index is 769. The summed E-state index contributed by atoms with van der Waals surface area (Å²) in [5, 5.41) is 0. The van der Waals surface area contributed by atoms with Gasteiger partial charge in [0.1, 0.15) is 0 Å². The minimum absolute atomic E-state index is 0.281. The molecule has 22 heavy (non-hydrogen) atoms. The van der Waals surface area contributed by atoms with Gasteiger partial charge in [0.15, 0.2) is 0 Å². The molecule has 2 nitrogen and oxygen atoms in total. The van der Waals surface area contributed by atoms with Crippen LogP contribution < -0.4 is 5.73 Å². The normalized spacial score (nSPS) is 15.2. The van der Waals surface area contributed by atoms with Crippen LogP contribution in [0, 0.1) is 0 Å². The zero-order chi connectivity index (χ0) is 15.5. The standard InChI is InChI=1S/C20H19NO/c1-2-15-18(12-14-8-4-3-5-9-14)16-10-6-7-11-17(16)19(15)13-20(21)22/h3-12H,2,13H2,1H3,(H2,21,22). The minimum Gasteiger partial charge on any atom is -0.369 e. The lowest BCUT2D eigenvalue weighted by Crippen LogP contribution is -2.10. The SMILES string of the molecule is CCC1=C(CC(N)=O)c2ccccc2C1=Cc1ccccc1.